The third-order valence-electron chi connectivity index (χ3n) is 13.2. The number of aliphatic hydroxyl groups excluding tert-OH is 1. The number of hydrogen-bond donors (Lipinski definition) is 3. The van der Waals surface area contributed by atoms with E-state index in [4.69, 9.17) is 33.2 Å². The van der Waals surface area contributed by atoms with Gasteiger partial charge in [0.25, 0.3) is 0 Å². The number of carbonyl (C=O) groups excluding carboxylic acids is 4. The zero-order valence-electron chi connectivity index (χ0n) is 45.0. The van der Waals surface area contributed by atoms with E-state index in [2.05, 4.69) is 19.2 Å². The Morgan fingerprint density at radius 3 is 1.65 bits per heavy atom. The number of methoxy groups -OCH3 is 1. The minimum Gasteiger partial charge on any atom is -0.480 e. The summed E-state index contributed by atoms with van der Waals surface area (Å²) in [6, 6.07) is 15.6. The van der Waals surface area contributed by atoms with E-state index in [1.165, 1.54) is 121 Å². The molecular weight excluding hydrogens is 947 g/mol. The number of nitrogens with one attached hydrogen (secondary N) is 1. The molecule has 0 aliphatic carbocycles. The maximum Gasteiger partial charge on any atom is 0.338 e. The van der Waals surface area contributed by atoms with Crippen LogP contribution in [0.25, 0.3) is 0 Å². The number of aliphatic carboxylic acids is 1. The quantitative estimate of drug-likeness (QED) is 0.0245. The van der Waals surface area contributed by atoms with Crippen LogP contribution in [0.2, 0.25) is 0 Å². The van der Waals surface area contributed by atoms with Crippen molar-refractivity contribution in [3.8, 4) is 0 Å². The molecule has 3 rings (SSSR count). The molecule has 74 heavy (non-hydrogen) atoms. The first-order chi connectivity index (χ1) is 36.1. The van der Waals surface area contributed by atoms with Gasteiger partial charge in [0.05, 0.1) is 37.5 Å². The van der Waals surface area contributed by atoms with E-state index in [1.54, 1.807) is 54.6 Å². The van der Waals surface area contributed by atoms with E-state index in [1.807, 2.05) is 6.08 Å². The molecule has 416 valence electrons. The first kappa shape index (κ1) is 63.6. The van der Waals surface area contributed by atoms with Crippen LogP contribution in [0.1, 0.15) is 202 Å². The number of hydrogen-bond acceptors (Lipinski definition) is 13. The Labute approximate surface area is 442 Å². The van der Waals surface area contributed by atoms with Crippen molar-refractivity contribution in [2.24, 2.45) is 0 Å². The molecule has 1 fully saturated rings. The van der Waals surface area contributed by atoms with Crippen molar-refractivity contribution in [1.29, 1.82) is 0 Å². The summed E-state index contributed by atoms with van der Waals surface area (Å²) in [6.07, 6.45) is 24.4. The van der Waals surface area contributed by atoms with Crippen molar-refractivity contribution in [2.75, 3.05) is 33.5 Å². The van der Waals surface area contributed by atoms with Crippen LogP contribution in [0, 0.1) is 0 Å². The molecule has 3 N–H and O–H groups in total. The highest BCUT2D eigenvalue weighted by Crippen LogP contribution is 2.29. The second kappa shape index (κ2) is 40.6. The molecule has 1 aliphatic rings. The van der Waals surface area contributed by atoms with Crippen LogP contribution in [-0.4, -0.2) is 116 Å². The lowest BCUT2D eigenvalue weighted by molar-refractivity contribution is -0.309. The number of rotatable bonds is 43. The largest absolute Gasteiger partial charge is 0.480 e. The molecule has 0 aromatic heterocycles. The Morgan fingerprint density at radius 1 is 0.635 bits per heavy atom. The summed E-state index contributed by atoms with van der Waals surface area (Å²) in [7, 11) is 1.16. The summed E-state index contributed by atoms with van der Waals surface area (Å²) < 4.78 is 40.6. The smallest absolute Gasteiger partial charge is 0.338 e. The van der Waals surface area contributed by atoms with Gasteiger partial charge in [0.15, 0.2) is 12.4 Å². The molecule has 15 heteroatoms. The molecule has 2 aromatic rings. The third kappa shape index (κ3) is 27.7. The molecule has 2 aromatic carbocycles. The Balaban J connectivity index is 1.85. The minimum absolute atomic E-state index is 0.159. The predicted molar refractivity (Wildman–Crippen MR) is 285 cm³/mol. The summed E-state index contributed by atoms with van der Waals surface area (Å²) in [5.41, 5.74) is 0.467. The zero-order valence-corrected chi connectivity index (χ0v) is 45.0. The zero-order chi connectivity index (χ0) is 53.4. The molecule has 7 atom stereocenters. The minimum atomic E-state index is -1.72. The van der Waals surface area contributed by atoms with E-state index in [0.29, 0.717) is 18.4 Å². The van der Waals surface area contributed by atoms with Gasteiger partial charge in [0, 0.05) is 6.42 Å². The van der Waals surface area contributed by atoms with E-state index >= 15 is 0 Å². The summed E-state index contributed by atoms with van der Waals surface area (Å²) in [4.78, 5) is 64.9. The molecule has 0 saturated carbocycles. The number of allylic oxidation sites excluding steroid dienone is 1. The van der Waals surface area contributed by atoms with Crippen LogP contribution in [0.15, 0.2) is 72.8 Å². The van der Waals surface area contributed by atoms with E-state index in [9.17, 15) is 34.2 Å². The number of carboxylic acids is 1. The van der Waals surface area contributed by atoms with Crippen molar-refractivity contribution >= 4 is 29.8 Å². The van der Waals surface area contributed by atoms with Crippen LogP contribution in [0.5, 0.6) is 0 Å². The van der Waals surface area contributed by atoms with Crippen molar-refractivity contribution < 1.29 is 67.3 Å². The normalized spacial score (nSPS) is 18.4. The SMILES string of the molecule is CCCCCCCCCCCCCC=C[C@@H](OC(=O)c1ccccc1)[C@H](CO[C@H]1O[C@H](COCC(=O)O)[C@H](OCC(=O)OC)[C@H](O)[C@H]1OC(=O)c1ccccc1)NC(=O)CCCCCCCCCCCCCCC. The van der Waals surface area contributed by atoms with Gasteiger partial charge < -0.3 is 48.7 Å². The van der Waals surface area contributed by atoms with Crippen LogP contribution in [-0.2, 0) is 47.5 Å². The molecule has 0 spiro atoms. The molecule has 0 radical (unpaired) electrons. The second-order valence-electron chi connectivity index (χ2n) is 19.5. The van der Waals surface area contributed by atoms with Gasteiger partial charge in [-0.2, -0.15) is 0 Å². The molecule has 1 amide bonds. The maximum atomic E-state index is 13.9. The molecule has 1 aliphatic heterocycles. The van der Waals surface area contributed by atoms with Gasteiger partial charge in [0.1, 0.15) is 37.6 Å². The standard InChI is InChI=1S/C59H91NO14/c1-4-6-8-10-12-14-16-18-20-22-24-26-34-40-49(72-57(66)46-36-30-28-31-37-46)48(60-51(61)41-35-27-25-23-21-19-17-15-13-11-9-7-5-2)42-71-59-56(74-58(67)47-38-32-29-33-39-47)54(65)55(70-45-53(64)68-3)50(73-59)43-69-44-52(62)63/h28-34,36-40,48-50,54-56,59,65H,4-27,35,41-45H2,1-3H3,(H,60,61)(H,62,63)/t48-,49+,50+,54-,55-,56+,59-/m0/s1. The van der Waals surface area contributed by atoms with Gasteiger partial charge in [-0.25, -0.2) is 19.2 Å². The number of carboxylic acid groups (broad SMARTS) is 1. The lowest BCUT2D eigenvalue weighted by Crippen LogP contribution is -2.62. The summed E-state index contributed by atoms with van der Waals surface area (Å²) >= 11 is 0. The van der Waals surface area contributed by atoms with Gasteiger partial charge >= 0.3 is 23.9 Å². The maximum absolute atomic E-state index is 13.9. The Kier molecular flexibility index (Phi) is 34.9. The van der Waals surface area contributed by atoms with Crippen LogP contribution in [0.4, 0.5) is 0 Å². The fourth-order valence-electron chi connectivity index (χ4n) is 8.92. The average Bonchev–Trinajstić information content (AvgIpc) is 3.40. The van der Waals surface area contributed by atoms with E-state index in [-0.39, 0.29) is 24.5 Å². The number of ether oxygens (including phenoxy) is 7. The predicted octanol–water partition coefficient (Wildman–Crippen LogP) is 11.4. The monoisotopic (exact) mass is 1040 g/mol. The molecule has 0 bridgehead atoms. The summed E-state index contributed by atoms with van der Waals surface area (Å²) in [6.45, 7) is 2.31. The van der Waals surface area contributed by atoms with Gasteiger partial charge in [0.2, 0.25) is 5.91 Å². The fourth-order valence-corrected chi connectivity index (χ4v) is 8.92. The van der Waals surface area contributed by atoms with Crippen LogP contribution >= 0.6 is 0 Å². The Hall–Kier alpha value is -4.67. The van der Waals surface area contributed by atoms with Crippen molar-refractivity contribution in [1.82, 2.24) is 5.32 Å². The summed E-state index contributed by atoms with van der Waals surface area (Å²) in [5, 5.41) is 24.3. The first-order valence-corrected chi connectivity index (χ1v) is 28.0. The number of benzene rings is 2. The Morgan fingerprint density at radius 2 is 1.14 bits per heavy atom. The molecule has 1 heterocycles. The topological polar surface area (TPSA) is 202 Å². The van der Waals surface area contributed by atoms with Crippen molar-refractivity contribution in [2.45, 2.75) is 224 Å². The molecule has 15 nitrogen and oxygen atoms in total. The fraction of sp³-hybridized carbons (Fsp3) is 0.678. The van der Waals surface area contributed by atoms with E-state index in [0.717, 1.165) is 45.6 Å². The van der Waals surface area contributed by atoms with Crippen molar-refractivity contribution in [3.05, 3.63) is 83.9 Å². The molecular formula is C59H91NO14. The molecule has 0 unspecified atom stereocenters. The van der Waals surface area contributed by atoms with Gasteiger partial charge in [-0.1, -0.05) is 198 Å². The molecule has 1 saturated heterocycles. The lowest BCUT2D eigenvalue weighted by atomic mass is 9.98. The Bertz CT molecular complexity index is 1830. The number of esters is 3. The first-order valence-electron chi connectivity index (χ1n) is 28.0. The number of carbonyl (C=O) groups is 5. The number of unbranched alkanes of at least 4 members (excludes halogenated alkanes) is 23. The average molecular weight is 1040 g/mol. The number of amides is 1. The highest BCUT2D eigenvalue weighted by atomic mass is 16.7. The van der Waals surface area contributed by atoms with Crippen LogP contribution in [0.3, 0.4) is 0 Å². The van der Waals surface area contributed by atoms with E-state index < -0.39 is 86.5 Å². The second-order valence-corrected chi connectivity index (χ2v) is 19.5. The summed E-state index contributed by atoms with van der Waals surface area (Å²) in [5.74, 6) is -3.77. The van der Waals surface area contributed by atoms with Gasteiger partial charge in [-0.3, -0.25) is 4.79 Å². The highest BCUT2D eigenvalue weighted by molar-refractivity contribution is 5.90. The third-order valence-corrected chi connectivity index (χ3v) is 13.2. The van der Waals surface area contributed by atoms with Crippen LogP contribution < -0.4 is 5.32 Å². The number of aliphatic hydroxyl groups is 1. The van der Waals surface area contributed by atoms with Gasteiger partial charge in [-0.05, 0) is 49.6 Å². The lowest BCUT2D eigenvalue weighted by Gasteiger charge is -2.43. The van der Waals surface area contributed by atoms with Gasteiger partial charge in [-0.15, -0.1) is 0 Å². The highest BCUT2D eigenvalue weighted by Gasteiger charge is 2.49. The van der Waals surface area contributed by atoms with Crippen molar-refractivity contribution in [3.63, 3.8) is 0 Å².